The molecule has 0 heterocycles. The highest BCUT2D eigenvalue weighted by Crippen LogP contribution is 2.11. The number of hydrogen-bond acceptors (Lipinski definition) is 2. The van der Waals surface area contributed by atoms with Crippen LogP contribution in [0.1, 0.15) is 13.8 Å². The van der Waals surface area contributed by atoms with E-state index in [2.05, 4.69) is 13.8 Å². The van der Waals surface area contributed by atoms with Crippen LogP contribution in [0.4, 0.5) is 0 Å². The minimum Gasteiger partial charge on any atom is -0.161 e. The summed E-state index contributed by atoms with van der Waals surface area (Å²) in [6, 6.07) is 0. The standard InChI is InChI=1S/C8H17ClS2/c1-3-10-4-5-11-7-8(2)6-9/h8H,3-7H2,1-2H3. The number of thioether (sulfide) groups is 2. The minimum absolute atomic E-state index is 0.674. The smallest absolute Gasteiger partial charge is 0.0257 e. The van der Waals surface area contributed by atoms with Crippen molar-refractivity contribution in [2.75, 3.05) is 28.9 Å². The molecule has 0 amide bonds. The molecule has 0 nitrogen and oxygen atoms in total. The van der Waals surface area contributed by atoms with Gasteiger partial charge in [-0.1, -0.05) is 13.8 Å². The third-order valence-corrected chi connectivity index (χ3v) is 4.23. The second-order valence-electron chi connectivity index (χ2n) is 2.53. The molecule has 0 N–H and O–H groups in total. The van der Waals surface area contributed by atoms with E-state index in [1.54, 1.807) is 0 Å². The third kappa shape index (κ3) is 8.90. The summed E-state index contributed by atoms with van der Waals surface area (Å²) in [6.07, 6.45) is 0. The number of hydrogen-bond donors (Lipinski definition) is 0. The summed E-state index contributed by atoms with van der Waals surface area (Å²) in [4.78, 5) is 0. The molecule has 11 heavy (non-hydrogen) atoms. The first-order valence-corrected chi connectivity index (χ1v) is 6.87. The van der Waals surface area contributed by atoms with Crippen LogP contribution in [-0.2, 0) is 0 Å². The van der Waals surface area contributed by atoms with Crippen molar-refractivity contribution in [1.82, 2.24) is 0 Å². The summed E-state index contributed by atoms with van der Waals surface area (Å²) in [5.41, 5.74) is 0. The van der Waals surface area contributed by atoms with Crippen LogP contribution in [0.3, 0.4) is 0 Å². The van der Waals surface area contributed by atoms with Crippen molar-refractivity contribution in [3.8, 4) is 0 Å². The average molecular weight is 213 g/mol. The molecule has 0 aromatic carbocycles. The van der Waals surface area contributed by atoms with Gasteiger partial charge in [0.1, 0.15) is 0 Å². The number of rotatable bonds is 7. The molecule has 0 spiro atoms. The molecular weight excluding hydrogens is 196 g/mol. The van der Waals surface area contributed by atoms with Gasteiger partial charge in [-0.25, -0.2) is 0 Å². The van der Waals surface area contributed by atoms with Gasteiger partial charge in [-0.15, -0.1) is 11.6 Å². The van der Waals surface area contributed by atoms with Gasteiger partial charge < -0.3 is 0 Å². The van der Waals surface area contributed by atoms with Gasteiger partial charge in [0, 0.05) is 17.4 Å². The Morgan fingerprint density at radius 1 is 1.27 bits per heavy atom. The van der Waals surface area contributed by atoms with E-state index in [-0.39, 0.29) is 0 Å². The average Bonchev–Trinajstić information content (AvgIpc) is 2.04. The highest BCUT2D eigenvalue weighted by Gasteiger charge is 1.98. The summed E-state index contributed by atoms with van der Waals surface area (Å²) in [6.45, 7) is 4.41. The lowest BCUT2D eigenvalue weighted by atomic mass is 10.3. The summed E-state index contributed by atoms with van der Waals surface area (Å²) in [5, 5.41) is 0. The van der Waals surface area contributed by atoms with Gasteiger partial charge >= 0.3 is 0 Å². The van der Waals surface area contributed by atoms with Crippen LogP contribution in [-0.4, -0.2) is 28.9 Å². The maximum absolute atomic E-state index is 5.67. The van der Waals surface area contributed by atoms with Crippen LogP contribution < -0.4 is 0 Å². The Bertz CT molecular complexity index is 78.5. The fourth-order valence-electron chi connectivity index (χ4n) is 0.591. The van der Waals surface area contributed by atoms with Gasteiger partial charge in [-0.3, -0.25) is 0 Å². The molecule has 1 unspecified atom stereocenters. The largest absolute Gasteiger partial charge is 0.161 e. The lowest BCUT2D eigenvalue weighted by Gasteiger charge is -2.05. The molecule has 0 saturated carbocycles. The maximum atomic E-state index is 5.67. The molecule has 0 aromatic rings. The van der Waals surface area contributed by atoms with Crippen molar-refractivity contribution >= 4 is 35.1 Å². The van der Waals surface area contributed by atoms with Crippen molar-refractivity contribution in [1.29, 1.82) is 0 Å². The summed E-state index contributed by atoms with van der Waals surface area (Å²) >= 11 is 9.71. The molecule has 0 bridgehead atoms. The fourth-order valence-corrected chi connectivity index (χ4v) is 2.75. The summed E-state index contributed by atoms with van der Waals surface area (Å²) < 4.78 is 0. The van der Waals surface area contributed by atoms with E-state index in [1.165, 1.54) is 23.0 Å². The first kappa shape index (κ1) is 12.0. The monoisotopic (exact) mass is 212 g/mol. The third-order valence-electron chi connectivity index (χ3n) is 1.24. The van der Waals surface area contributed by atoms with E-state index in [4.69, 9.17) is 11.6 Å². The van der Waals surface area contributed by atoms with Gasteiger partial charge in [0.25, 0.3) is 0 Å². The van der Waals surface area contributed by atoms with E-state index in [9.17, 15) is 0 Å². The highest BCUT2D eigenvalue weighted by molar-refractivity contribution is 8.02. The molecule has 1 atom stereocenters. The Kier molecular flexibility index (Phi) is 9.90. The van der Waals surface area contributed by atoms with E-state index in [0.29, 0.717) is 5.92 Å². The maximum Gasteiger partial charge on any atom is 0.0257 e. The quantitative estimate of drug-likeness (QED) is 0.469. The Morgan fingerprint density at radius 2 is 1.91 bits per heavy atom. The van der Waals surface area contributed by atoms with Crippen LogP contribution in [0, 0.1) is 5.92 Å². The van der Waals surface area contributed by atoms with Crippen molar-refractivity contribution in [2.24, 2.45) is 5.92 Å². The predicted molar refractivity (Wildman–Crippen MR) is 60.2 cm³/mol. The van der Waals surface area contributed by atoms with E-state index >= 15 is 0 Å². The van der Waals surface area contributed by atoms with Gasteiger partial charge in [-0.05, 0) is 17.4 Å². The zero-order chi connectivity index (χ0) is 8.53. The minimum atomic E-state index is 0.674. The van der Waals surface area contributed by atoms with Gasteiger partial charge in [0.2, 0.25) is 0 Å². The first-order valence-electron chi connectivity index (χ1n) is 4.02. The van der Waals surface area contributed by atoms with Crippen LogP contribution in [0.2, 0.25) is 0 Å². The molecule has 0 aliphatic rings. The Labute approximate surface area is 83.8 Å². The van der Waals surface area contributed by atoms with Crippen LogP contribution in [0.5, 0.6) is 0 Å². The van der Waals surface area contributed by atoms with Crippen LogP contribution >= 0.6 is 35.1 Å². The van der Waals surface area contributed by atoms with E-state index in [1.807, 2.05) is 23.5 Å². The molecule has 0 rings (SSSR count). The molecule has 0 aromatic heterocycles. The molecule has 0 aliphatic carbocycles. The second kappa shape index (κ2) is 9.08. The molecular formula is C8H17ClS2. The topological polar surface area (TPSA) is 0 Å². The predicted octanol–water partition coefficient (Wildman–Crippen LogP) is 3.35. The molecule has 0 aliphatic heterocycles. The van der Waals surface area contributed by atoms with Crippen LogP contribution in [0.25, 0.3) is 0 Å². The summed E-state index contributed by atoms with van der Waals surface area (Å²) in [5.74, 6) is 6.50. The van der Waals surface area contributed by atoms with Crippen molar-refractivity contribution in [3.05, 3.63) is 0 Å². The Morgan fingerprint density at radius 3 is 2.45 bits per heavy atom. The summed E-state index contributed by atoms with van der Waals surface area (Å²) in [7, 11) is 0. The van der Waals surface area contributed by atoms with Crippen molar-refractivity contribution in [3.63, 3.8) is 0 Å². The zero-order valence-corrected chi connectivity index (χ0v) is 9.70. The zero-order valence-electron chi connectivity index (χ0n) is 7.31. The first-order chi connectivity index (χ1) is 5.31. The fraction of sp³-hybridized carbons (Fsp3) is 1.00. The molecule has 0 saturated heterocycles. The lowest BCUT2D eigenvalue weighted by molar-refractivity contribution is 0.759. The van der Waals surface area contributed by atoms with Gasteiger partial charge in [0.05, 0.1) is 0 Å². The lowest BCUT2D eigenvalue weighted by Crippen LogP contribution is -2.00. The van der Waals surface area contributed by atoms with Crippen molar-refractivity contribution in [2.45, 2.75) is 13.8 Å². The van der Waals surface area contributed by atoms with E-state index in [0.717, 1.165) is 5.88 Å². The van der Waals surface area contributed by atoms with E-state index < -0.39 is 0 Å². The Hall–Kier alpha value is 0.990. The normalized spacial score (nSPS) is 13.4. The SMILES string of the molecule is CCSCCSCC(C)CCl. The molecule has 3 heteroatoms. The second-order valence-corrected chi connectivity index (χ2v) is 5.38. The molecule has 68 valence electrons. The Balaban J connectivity index is 2.89. The van der Waals surface area contributed by atoms with Gasteiger partial charge in [-0.2, -0.15) is 23.5 Å². The molecule has 0 fully saturated rings. The van der Waals surface area contributed by atoms with Crippen LogP contribution in [0.15, 0.2) is 0 Å². The highest BCUT2D eigenvalue weighted by atomic mass is 35.5. The number of halogens is 1. The van der Waals surface area contributed by atoms with Gasteiger partial charge in [0.15, 0.2) is 0 Å². The van der Waals surface area contributed by atoms with Crippen molar-refractivity contribution < 1.29 is 0 Å². The molecule has 0 radical (unpaired) electrons. The number of alkyl halides is 1.